The molecule has 1 aromatic heterocycles. The number of rotatable bonds is 12. The highest BCUT2D eigenvalue weighted by molar-refractivity contribution is 5.99. The maximum atomic E-state index is 13.5. The molecule has 0 saturated carbocycles. The number of aliphatic hydroxyl groups excluding tert-OH is 2. The lowest BCUT2D eigenvalue weighted by atomic mass is 10.1. The van der Waals surface area contributed by atoms with Crippen LogP contribution < -0.4 is 10.6 Å². The molecule has 3 heterocycles. The Labute approximate surface area is 329 Å². The number of carbonyl (C=O) groups excluding carboxylic acids is 4. The van der Waals surface area contributed by atoms with Gasteiger partial charge in [-0.25, -0.2) is 4.98 Å². The van der Waals surface area contributed by atoms with Crippen LogP contribution in [0.25, 0.3) is 22.8 Å². The van der Waals surface area contributed by atoms with Gasteiger partial charge < -0.3 is 44.5 Å². The Morgan fingerprint density at radius 1 is 0.649 bits per heavy atom. The van der Waals surface area contributed by atoms with E-state index in [1.807, 2.05) is 12.1 Å². The van der Waals surface area contributed by atoms with Crippen LogP contribution in [0.5, 0.6) is 0 Å². The molecule has 0 aliphatic carbocycles. The molecule has 7 rings (SSSR count). The van der Waals surface area contributed by atoms with Crippen molar-refractivity contribution < 1.29 is 43.3 Å². The molecule has 4 amide bonds. The fourth-order valence-electron chi connectivity index (χ4n) is 7.33. The number of methoxy groups -OCH3 is 2. The van der Waals surface area contributed by atoms with Crippen LogP contribution in [-0.2, 0) is 28.7 Å². The van der Waals surface area contributed by atoms with Gasteiger partial charge in [-0.2, -0.15) is 0 Å². The summed E-state index contributed by atoms with van der Waals surface area (Å²) in [7, 11) is 2.87. The smallest absolute Gasteiger partial charge is 0.257 e. The van der Waals surface area contributed by atoms with Gasteiger partial charge in [0.15, 0.2) is 18.0 Å². The number of oxazole rings is 1. The van der Waals surface area contributed by atoms with E-state index in [2.05, 4.69) is 15.6 Å². The highest BCUT2D eigenvalue weighted by atomic mass is 16.5. The number of aliphatic hydroxyl groups is 2. The lowest BCUT2D eigenvalue weighted by molar-refractivity contribution is -0.146. The minimum Gasteiger partial charge on any atom is -0.436 e. The molecule has 2 fully saturated rings. The third-order valence-corrected chi connectivity index (χ3v) is 10.2. The van der Waals surface area contributed by atoms with Crippen LogP contribution in [-0.4, -0.2) is 100 Å². The number of aromatic nitrogens is 1. The van der Waals surface area contributed by atoms with Crippen molar-refractivity contribution in [3.63, 3.8) is 0 Å². The van der Waals surface area contributed by atoms with E-state index in [-0.39, 0.29) is 25.9 Å². The highest BCUT2D eigenvalue weighted by Crippen LogP contribution is 2.31. The summed E-state index contributed by atoms with van der Waals surface area (Å²) in [4.78, 5) is 60.9. The van der Waals surface area contributed by atoms with Crippen molar-refractivity contribution in [1.29, 1.82) is 0 Å². The molecule has 14 heteroatoms. The van der Waals surface area contributed by atoms with Gasteiger partial charge in [0.25, 0.3) is 11.8 Å². The minimum absolute atomic E-state index is 0.0179. The van der Waals surface area contributed by atoms with E-state index in [4.69, 9.17) is 13.9 Å². The monoisotopic (exact) mass is 773 g/mol. The van der Waals surface area contributed by atoms with Gasteiger partial charge in [-0.3, -0.25) is 19.2 Å². The number of β-amino-alcohol motifs (C(OH)–C–C–N with tert-alkyl or cyclic N) is 2. The normalized spacial score (nSPS) is 20.2. The molecule has 2 aliphatic rings. The fraction of sp³-hybridized carbons (Fsp3) is 0.279. The number of ether oxygens (including phenoxy) is 2. The maximum absolute atomic E-state index is 13.5. The first-order valence-electron chi connectivity index (χ1n) is 18.5. The molecule has 0 radical (unpaired) electrons. The van der Waals surface area contributed by atoms with Gasteiger partial charge in [-0.15, -0.1) is 0 Å². The maximum Gasteiger partial charge on any atom is 0.257 e. The van der Waals surface area contributed by atoms with E-state index >= 15 is 0 Å². The second-order valence-electron chi connectivity index (χ2n) is 14.0. The standard InChI is InChI=1S/C43H43N5O9/c1-55-37(27-9-5-3-6-10-27)42(53)47-24-32(49)21-34(47)39(51)45-30-17-13-26(14-18-30)36-23-44-41(57-36)29-15-19-31(20-16-29)46-40(52)35-22-33(50)25-48(35)43(54)38(56-2)28-11-7-4-8-12-28/h3-20,23,32-35,37-38,49-50H,21-22,24-25H2,1-2H3,(H,45,51)(H,46,52)/t32-,33-,34+,35+,37?,38?/m1/s1. The van der Waals surface area contributed by atoms with Gasteiger partial charge >= 0.3 is 0 Å². The molecule has 0 spiro atoms. The van der Waals surface area contributed by atoms with Gasteiger partial charge in [-0.1, -0.05) is 60.7 Å². The first kappa shape index (κ1) is 39.1. The van der Waals surface area contributed by atoms with Gasteiger partial charge in [0.2, 0.25) is 17.7 Å². The van der Waals surface area contributed by atoms with E-state index in [1.54, 1.807) is 103 Å². The van der Waals surface area contributed by atoms with Gasteiger partial charge in [0.05, 0.1) is 18.4 Å². The Morgan fingerprint density at radius 2 is 1.07 bits per heavy atom. The minimum atomic E-state index is -0.909. The quantitative estimate of drug-likeness (QED) is 0.140. The third kappa shape index (κ3) is 8.64. The van der Waals surface area contributed by atoms with E-state index in [1.165, 1.54) is 24.0 Å². The molecular formula is C43H43N5O9. The summed E-state index contributed by atoms with van der Waals surface area (Å²) in [5.41, 5.74) is 3.65. The molecule has 2 unspecified atom stereocenters. The van der Waals surface area contributed by atoms with Crippen LogP contribution in [0.3, 0.4) is 0 Å². The average Bonchev–Trinajstić information content (AvgIpc) is 3.99. The molecule has 294 valence electrons. The second kappa shape index (κ2) is 17.3. The molecule has 14 nitrogen and oxygen atoms in total. The van der Waals surface area contributed by atoms with E-state index in [9.17, 15) is 29.4 Å². The Kier molecular flexibility index (Phi) is 11.9. The number of carbonyl (C=O) groups is 4. The van der Waals surface area contributed by atoms with Crippen LogP contribution >= 0.6 is 0 Å². The fourth-order valence-corrected chi connectivity index (χ4v) is 7.33. The number of nitrogens with zero attached hydrogens (tertiary/aromatic N) is 3. The highest BCUT2D eigenvalue weighted by Gasteiger charge is 2.43. The Hall–Kier alpha value is -6.19. The zero-order valence-corrected chi connectivity index (χ0v) is 31.4. The van der Waals surface area contributed by atoms with Crippen LogP contribution in [0.1, 0.15) is 36.2 Å². The SMILES string of the molecule is COC(C(=O)N1C[C@H](O)C[C@H]1C(=O)Nc1ccc(-c2cnc(-c3ccc(NC(=O)[C@@H]4C[C@@H](O)CN4C(=O)C(OC)c4ccccc4)cc3)o2)cc1)c1ccccc1. The van der Waals surface area contributed by atoms with Crippen LogP contribution in [0.15, 0.2) is 120 Å². The van der Waals surface area contributed by atoms with Gasteiger partial charge in [-0.05, 0) is 59.7 Å². The second-order valence-corrected chi connectivity index (χ2v) is 14.0. The number of anilines is 2. The Bertz CT molecular complexity index is 2030. The van der Waals surface area contributed by atoms with E-state index < -0.39 is 60.1 Å². The largest absolute Gasteiger partial charge is 0.436 e. The zero-order valence-electron chi connectivity index (χ0n) is 31.4. The summed E-state index contributed by atoms with van der Waals surface area (Å²) in [5, 5.41) is 26.5. The molecular weight excluding hydrogens is 730 g/mol. The predicted molar refractivity (Wildman–Crippen MR) is 209 cm³/mol. The summed E-state index contributed by atoms with van der Waals surface area (Å²) < 4.78 is 17.0. The van der Waals surface area contributed by atoms with Crippen molar-refractivity contribution in [2.45, 2.75) is 49.3 Å². The molecule has 2 saturated heterocycles. The number of hydrogen-bond acceptors (Lipinski definition) is 10. The van der Waals surface area contributed by atoms with Gasteiger partial charge in [0, 0.05) is 62.7 Å². The van der Waals surface area contributed by atoms with Crippen LogP contribution in [0, 0.1) is 0 Å². The molecule has 4 aromatic carbocycles. The zero-order chi connectivity index (χ0) is 40.1. The predicted octanol–water partition coefficient (Wildman–Crippen LogP) is 4.58. The lowest BCUT2D eigenvalue weighted by Crippen LogP contribution is -2.45. The van der Waals surface area contributed by atoms with Crippen molar-refractivity contribution in [2.24, 2.45) is 0 Å². The Balaban J connectivity index is 0.959. The van der Waals surface area contributed by atoms with Crippen molar-refractivity contribution in [3.8, 4) is 22.8 Å². The topological polar surface area (TPSA) is 184 Å². The Morgan fingerprint density at radius 3 is 1.49 bits per heavy atom. The van der Waals surface area contributed by atoms with E-state index in [0.29, 0.717) is 45.3 Å². The van der Waals surface area contributed by atoms with Crippen LogP contribution in [0.4, 0.5) is 11.4 Å². The summed E-state index contributed by atoms with van der Waals surface area (Å²) in [5.74, 6) is -0.829. The lowest BCUT2D eigenvalue weighted by Gasteiger charge is -2.27. The molecule has 6 atom stereocenters. The van der Waals surface area contributed by atoms with Crippen molar-refractivity contribution >= 4 is 35.0 Å². The molecule has 5 aromatic rings. The van der Waals surface area contributed by atoms with Crippen molar-refractivity contribution in [3.05, 3.63) is 127 Å². The molecule has 57 heavy (non-hydrogen) atoms. The molecule has 2 aliphatic heterocycles. The van der Waals surface area contributed by atoms with Crippen molar-refractivity contribution in [2.75, 3.05) is 37.9 Å². The average molecular weight is 774 g/mol. The summed E-state index contributed by atoms with van der Waals surface area (Å²) in [6, 6.07) is 30.1. The number of amides is 4. The van der Waals surface area contributed by atoms with Crippen LogP contribution in [0.2, 0.25) is 0 Å². The molecule has 0 bridgehead atoms. The number of hydrogen-bond donors (Lipinski definition) is 4. The van der Waals surface area contributed by atoms with Crippen molar-refractivity contribution in [1.82, 2.24) is 14.8 Å². The number of benzene rings is 4. The third-order valence-electron chi connectivity index (χ3n) is 10.2. The first-order chi connectivity index (χ1) is 27.6. The van der Waals surface area contributed by atoms with E-state index in [0.717, 1.165) is 0 Å². The van der Waals surface area contributed by atoms with Gasteiger partial charge in [0.1, 0.15) is 12.1 Å². The first-order valence-corrected chi connectivity index (χ1v) is 18.5. The number of nitrogens with one attached hydrogen (secondary N) is 2. The summed E-state index contributed by atoms with van der Waals surface area (Å²) in [6.07, 6.45) is -1.73. The summed E-state index contributed by atoms with van der Waals surface area (Å²) >= 11 is 0. The number of likely N-dealkylation sites (tertiary alicyclic amines) is 2. The summed E-state index contributed by atoms with van der Waals surface area (Å²) in [6.45, 7) is 0.0371. The molecule has 4 N–H and O–H groups in total.